The van der Waals surface area contributed by atoms with Crippen LogP contribution >= 0.6 is 7.60 Å². The minimum absolute atomic E-state index is 0.161. The summed E-state index contributed by atoms with van der Waals surface area (Å²) in [6.07, 6.45) is 2.15. The van der Waals surface area contributed by atoms with Crippen LogP contribution in [0.4, 0.5) is 0 Å². The van der Waals surface area contributed by atoms with Gasteiger partial charge >= 0.3 is 7.60 Å². The number of hydrogen-bond acceptors (Lipinski definition) is 5. The van der Waals surface area contributed by atoms with Crippen molar-refractivity contribution in [3.63, 3.8) is 0 Å². The van der Waals surface area contributed by atoms with Gasteiger partial charge in [-0.3, -0.25) is 4.57 Å². The summed E-state index contributed by atoms with van der Waals surface area (Å²) in [5, 5.41) is 0. The molecule has 5 nitrogen and oxygen atoms in total. The van der Waals surface area contributed by atoms with Gasteiger partial charge in [-0.15, -0.1) is 0 Å². The highest BCUT2D eigenvalue weighted by Gasteiger charge is 2.17. The molecule has 16 heavy (non-hydrogen) atoms. The summed E-state index contributed by atoms with van der Waals surface area (Å²) in [6, 6.07) is 0. The lowest BCUT2D eigenvalue weighted by molar-refractivity contribution is -0.132. The lowest BCUT2D eigenvalue weighted by Crippen LogP contribution is -2.21. The highest BCUT2D eigenvalue weighted by atomic mass is 31.2. The second-order valence-corrected chi connectivity index (χ2v) is 5.45. The molecule has 0 aliphatic carbocycles. The quantitative estimate of drug-likeness (QED) is 0.491. The summed E-state index contributed by atoms with van der Waals surface area (Å²) in [5.74, 6) is 1.61. The third-order valence-corrected chi connectivity index (χ3v) is 3.83. The molecule has 0 saturated heterocycles. The zero-order valence-electron chi connectivity index (χ0n) is 10.5. The number of ether oxygens (including phenoxy) is 2. The van der Waals surface area contributed by atoms with E-state index in [1.54, 1.807) is 20.3 Å². The van der Waals surface area contributed by atoms with E-state index in [-0.39, 0.29) is 12.2 Å². The lowest BCUT2D eigenvalue weighted by atomic mass is 10.1. The van der Waals surface area contributed by atoms with E-state index in [4.69, 9.17) is 18.5 Å². The molecule has 0 N–H and O–H groups in total. The van der Waals surface area contributed by atoms with Gasteiger partial charge in [0.15, 0.2) is 6.29 Å². The molecule has 0 spiro atoms. The van der Waals surface area contributed by atoms with Gasteiger partial charge in [0, 0.05) is 40.2 Å². The molecule has 0 rings (SSSR count). The first kappa shape index (κ1) is 15.8. The second kappa shape index (κ2) is 7.98. The van der Waals surface area contributed by atoms with Crippen LogP contribution in [0.3, 0.4) is 0 Å². The summed E-state index contributed by atoms with van der Waals surface area (Å²) in [6.45, 7) is 1.98. The fourth-order valence-corrected chi connectivity index (χ4v) is 2.05. The van der Waals surface area contributed by atoms with Gasteiger partial charge in [0.2, 0.25) is 0 Å². The summed E-state index contributed by atoms with van der Waals surface area (Å²) in [7, 11) is 2.83. The van der Waals surface area contributed by atoms with Crippen LogP contribution in [0.25, 0.3) is 0 Å². The van der Waals surface area contributed by atoms with E-state index in [9.17, 15) is 4.57 Å². The molecule has 0 heterocycles. The summed E-state index contributed by atoms with van der Waals surface area (Å²) >= 11 is 0. The van der Waals surface area contributed by atoms with Gasteiger partial charge in [0.25, 0.3) is 0 Å². The first-order valence-electron chi connectivity index (χ1n) is 4.97. The number of methoxy groups -OCH3 is 2. The minimum Gasteiger partial charge on any atom is -0.356 e. The molecular weight excluding hydrogens is 231 g/mol. The van der Waals surface area contributed by atoms with Crippen LogP contribution in [0, 0.1) is 5.92 Å². The first-order chi connectivity index (χ1) is 7.52. The van der Waals surface area contributed by atoms with Crippen molar-refractivity contribution in [2.24, 2.45) is 5.92 Å². The van der Waals surface area contributed by atoms with Crippen molar-refractivity contribution in [2.75, 3.05) is 28.4 Å². The van der Waals surface area contributed by atoms with Gasteiger partial charge in [-0.05, 0) is 6.42 Å². The molecule has 1 unspecified atom stereocenters. The molecule has 0 aliphatic heterocycles. The van der Waals surface area contributed by atoms with Crippen LogP contribution < -0.4 is 0 Å². The summed E-state index contributed by atoms with van der Waals surface area (Å²) < 4.78 is 31.4. The average molecular weight is 252 g/mol. The predicted octanol–water partition coefficient (Wildman–Crippen LogP) is 2.63. The van der Waals surface area contributed by atoms with Crippen LogP contribution in [0.5, 0.6) is 0 Å². The SMILES string of the molecule is COC(OC)C(C)C/C=C/P(=O)(OC)OC. The van der Waals surface area contributed by atoms with Crippen molar-refractivity contribution < 1.29 is 23.1 Å². The maximum atomic E-state index is 11.6. The van der Waals surface area contributed by atoms with Crippen LogP contribution in [0.2, 0.25) is 0 Å². The Balaban J connectivity index is 4.23. The maximum absolute atomic E-state index is 11.6. The fourth-order valence-electron chi connectivity index (χ4n) is 1.27. The average Bonchev–Trinajstić information content (AvgIpc) is 2.30. The van der Waals surface area contributed by atoms with Gasteiger partial charge in [0.1, 0.15) is 0 Å². The Morgan fingerprint density at radius 2 is 1.62 bits per heavy atom. The standard InChI is InChI=1S/C10H21O5P/c1-9(10(12-2)13-3)7-6-8-16(11,14-4)15-5/h6,8-10H,7H2,1-5H3/b8-6+. The molecule has 0 aromatic carbocycles. The Labute approximate surface area is 97.3 Å². The first-order valence-corrected chi connectivity index (χ1v) is 6.58. The molecule has 0 aliphatic rings. The Morgan fingerprint density at radius 3 is 2.00 bits per heavy atom. The van der Waals surface area contributed by atoms with Gasteiger partial charge < -0.3 is 18.5 Å². The van der Waals surface area contributed by atoms with Crippen LogP contribution in [-0.2, 0) is 23.1 Å². The highest BCUT2D eigenvalue weighted by molar-refractivity contribution is 7.57. The second-order valence-electron chi connectivity index (χ2n) is 3.34. The molecule has 0 amide bonds. The zero-order chi connectivity index (χ0) is 12.6. The summed E-state index contributed by atoms with van der Waals surface area (Å²) in [4.78, 5) is 0. The van der Waals surface area contributed by atoms with E-state index >= 15 is 0 Å². The van der Waals surface area contributed by atoms with E-state index in [0.717, 1.165) is 0 Å². The van der Waals surface area contributed by atoms with Gasteiger partial charge in [-0.2, -0.15) is 0 Å². The van der Waals surface area contributed by atoms with Crippen LogP contribution in [-0.4, -0.2) is 34.7 Å². The van der Waals surface area contributed by atoms with E-state index in [2.05, 4.69) is 0 Å². The maximum Gasteiger partial charge on any atom is 0.353 e. The molecule has 0 aromatic heterocycles. The van der Waals surface area contributed by atoms with E-state index in [1.807, 2.05) is 6.92 Å². The molecule has 0 bridgehead atoms. The van der Waals surface area contributed by atoms with Crippen molar-refractivity contribution in [1.82, 2.24) is 0 Å². The molecule has 0 fully saturated rings. The number of hydrogen-bond donors (Lipinski definition) is 0. The third-order valence-electron chi connectivity index (χ3n) is 2.23. The van der Waals surface area contributed by atoms with Gasteiger partial charge in [0.05, 0.1) is 0 Å². The molecule has 0 radical (unpaired) electrons. The van der Waals surface area contributed by atoms with Gasteiger partial charge in [-0.1, -0.05) is 13.0 Å². The van der Waals surface area contributed by atoms with E-state index < -0.39 is 7.60 Å². The molecule has 1 atom stereocenters. The molecule has 6 heteroatoms. The van der Waals surface area contributed by atoms with Crippen LogP contribution in [0.1, 0.15) is 13.3 Å². The molecular formula is C10H21O5P. The van der Waals surface area contributed by atoms with Crippen molar-refractivity contribution in [1.29, 1.82) is 0 Å². The van der Waals surface area contributed by atoms with Crippen LogP contribution in [0.15, 0.2) is 11.9 Å². The van der Waals surface area contributed by atoms with Crippen molar-refractivity contribution in [3.05, 3.63) is 11.9 Å². The summed E-state index contributed by atoms with van der Waals surface area (Å²) in [5.41, 5.74) is 0. The predicted molar refractivity (Wildman–Crippen MR) is 62.4 cm³/mol. The largest absolute Gasteiger partial charge is 0.356 e. The van der Waals surface area contributed by atoms with Crippen molar-refractivity contribution in [3.8, 4) is 0 Å². The number of allylic oxidation sites excluding steroid dienone is 1. The normalized spacial score (nSPS) is 14.9. The lowest BCUT2D eigenvalue weighted by Gasteiger charge is -2.19. The number of rotatable bonds is 8. The third kappa shape index (κ3) is 5.23. The zero-order valence-corrected chi connectivity index (χ0v) is 11.4. The Hall–Kier alpha value is -0.190. The topological polar surface area (TPSA) is 54.0 Å². The smallest absolute Gasteiger partial charge is 0.353 e. The monoisotopic (exact) mass is 252 g/mol. The minimum atomic E-state index is -3.05. The van der Waals surface area contributed by atoms with Crippen molar-refractivity contribution >= 4 is 7.60 Å². The molecule has 0 saturated carbocycles. The highest BCUT2D eigenvalue weighted by Crippen LogP contribution is 2.48. The Kier molecular flexibility index (Phi) is 7.89. The fraction of sp³-hybridized carbons (Fsp3) is 0.800. The van der Waals surface area contributed by atoms with E-state index in [1.165, 1.54) is 20.0 Å². The molecule has 0 aromatic rings. The van der Waals surface area contributed by atoms with E-state index in [0.29, 0.717) is 6.42 Å². The Bertz CT molecular complexity index is 242. The Morgan fingerprint density at radius 1 is 1.12 bits per heavy atom. The van der Waals surface area contributed by atoms with Gasteiger partial charge in [-0.25, -0.2) is 0 Å². The molecule has 96 valence electrons. The van der Waals surface area contributed by atoms with Crippen molar-refractivity contribution in [2.45, 2.75) is 19.6 Å².